The van der Waals surface area contributed by atoms with E-state index in [1.54, 1.807) is 13.2 Å². The molecule has 7 heteroatoms. The molecule has 1 amide bonds. The summed E-state index contributed by atoms with van der Waals surface area (Å²) in [7, 11) is 3.71. The third-order valence-corrected chi connectivity index (χ3v) is 6.47. The average Bonchev–Trinajstić information content (AvgIpc) is 3.17. The number of carbonyl (C=O) groups is 1. The molecule has 0 bridgehead atoms. The maximum Gasteiger partial charge on any atom is 0.291 e. The standard InChI is InChI=1S/C27H33N5O2/c1-5-20(18-30(3)17-19-12-8-7-9-13-19)29-26(33)23(6-2)32-24-15-11-10-14-21(24)22-16-28-31(4)27(34)25(22)32/h7-16,20,23H,5-6,17-18H2,1-4H3,(H,29,33)/t20-,23+/m1/s1. The van der Waals surface area contributed by atoms with Crippen LogP contribution in [0.15, 0.2) is 65.6 Å². The Morgan fingerprint density at radius 3 is 2.44 bits per heavy atom. The fourth-order valence-corrected chi connectivity index (χ4v) is 4.71. The number of fused-ring (bicyclic) bond motifs is 3. The Labute approximate surface area is 200 Å². The van der Waals surface area contributed by atoms with Crippen molar-refractivity contribution in [3.63, 3.8) is 0 Å². The van der Waals surface area contributed by atoms with Gasteiger partial charge in [0.05, 0.1) is 11.7 Å². The summed E-state index contributed by atoms with van der Waals surface area (Å²) in [6.07, 6.45) is 3.11. The van der Waals surface area contributed by atoms with Crippen molar-refractivity contribution in [2.24, 2.45) is 7.05 Å². The lowest BCUT2D eigenvalue weighted by Crippen LogP contribution is -2.45. The van der Waals surface area contributed by atoms with Gasteiger partial charge >= 0.3 is 0 Å². The van der Waals surface area contributed by atoms with Gasteiger partial charge in [-0.15, -0.1) is 0 Å². The molecule has 0 spiro atoms. The maximum absolute atomic E-state index is 13.6. The molecule has 0 aliphatic carbocycles. The second-order valence-corrected chi connectivity index (χ2v) is 8.94. The second kappa shape index (κ2) is 10.2. The molecular formula is C27H33N5O2. The quantitative estimate of drug-likeness (QED) is 0.413. The van der Waals surface area contributed by atoms with Crippen molar-refractivity contribution in [3.05, 3.63) is 76.7 Å². The molecule has 0 unspecified atom stereocenters. The van der Waals surface area contributed by atoms with E-state index in [0.29, 0.717) is 11.9 Å². The van der Waals surface area contributed by atoms with Gasteiger partial charge in [0.2, 0.25) is 5.91 Å². The number of nitrogens with one attached hydrogen (secondary N) is 1. The van der Waals surface area contributed by atoms with Crippen molar-refractivity contribution < 1.29 is 4.79 Å². The van der Waals surface area contributed by atoms with Crippen LogP contribution in [-0.2, 0) is 18.4 Å². The van der Waals surface area contributed by atoms with Crippen molar-refractivity contribution >= 4 is 27.7 Å². The zero-order valence-electron chi connectivity index (χ0n) is 20.4. The number of likely N-dealkylation sites (N-methyl/N-ethyl adjacent to an activating group) is 1. The van der Waals surface area contributed by atoms with Gasteiger partial charge in [0.15, 0.2) is 0 Å². The molecule has 0 saturated heterocycles. The zero-order valence-corrected chi connectivity index (χ0v) is 20.4. The number of para-hydroxylation sites is 1. The average molecular weight is 460 g/mol. The molecule has 0 saturated carbocycles. The highest BCUT2D eigenvalue weighted by molar-refractivity contribution is 6.08. The Morgan fingerprint density at radius 1 is 1.03 bits per heavy atom. The van der Waals surface area contributed by atoms with Crippen LogP contribution in [0.2, 0.25) is 0 Å². The van der Waals surface area contributed by atoms with Gasteiger partial charge in [0.25, 0.3) is 5.56 Å². The van der Waals surface area contributed by atoms with Crippen LogP contribution in [0.1, 0.15) is 38.3 Å². The molecule has 2 aromatic carbocycles. The number of aromatic nitrogens is 3. The first-order chi connectivity index (χ1) is 16.4. The summed E-state index contributed by atoms with van der Waals surface area (Å²) >= 11 is 0. The van der Waals surface area contributed by atoms with E-state index in [1.165, 1.54) is 10.2 Å². The summed E-state index contributed by atoms with van der Waals surface area (Å²) in [6, 6.07) is 17.7. The third-order valence-electron chi connectivity index (χ3n) is 6.47. The molecule has 4 aromatic rings. The van der Waals surface area contributed by atoms with Crippen LogP contribution in [0.25, 0.3) is 21.8 Å². The van der Waals surface area contributed by atoms with E-state index in [4.69, 9.17) is 0 Å². The summed E-state index contributed by atoms with van der Waals surface area (Å²) in [5.41, 5.74) is 2.44. The lowest BCUT2D eigenvalue weighted by atomic mass is 10.1. The van der Waals surface area contributed by atoms with E-state index in [1.807, 2.05) is 54.0 Å². The molecule has 0 fully saturated rings. The van der Waals surface area contributed by atoms with Crippen molar-refractivity contribution in [1.82, 2.24) is 24.6 Å². The fourth-order valence-electron chi connectivity index (χ4n) is 4.71. The third kappa shape index (κ3) is 4.61. The van der Waals surface area contributed by atoms with E-state index in [9.17, 15) is 9.59 Å². The minimum absolute atomic E-state index is 0.00727. The minimum atomic E-state index is -0.494. The van der Waals surface area contributed by atoms with Crippen LogP contribution in [0.3, 0.4) is 0 Å². The summed E-state index contributed by atoms with van der Waals surface area (Å²) in [6.45, 7) is 5.63. The monoisotopic (exact) mass is 459 g/mol. The molecule has 2 aromatic heterocycles. The van der Waals surface area contributed by atoms with Gasteiger partial charge in [-0.2, -0.15) is 5.10 Å². The maximum atomic E-state index is 13.6. The zero-order chi connectivity index (χ0) is 24.2. The molecule has 1 N–H and O–H groups in total. The number of nitrogens with zero attached hydrogens (tertiary/aromatic N) is 4. The molecule has 0 aliphatic heterocycles. The molecule has 0 radical (unpaired) electrons. The van der Waals surface area contributed by atoms with E-state index in [-0.39, 0.29) is 17.5 Å². The van der Waals surface area contributed by atoms with Crippen molar-refractivity contribution in [3.8, 4) is 0 Å². The van der Waals surface area contributed by atoms with E-state index >= 15 is 0 Å². The molecule has 4 rings (SSSR count). The highest BCUT2D eigenvalue weighted by Crippen LogP contribution is 2.30. The van der Waals surface area contributed by atoms with Crippen LogP contribution in [-0.4, -0.2) is 44.8 Å². The van der Waals surface area contributed by atoms with Gasteiger partial charge in [-0.3, -0.25) is 9.59 Å². The van der Waals surface area contributed by atoms with Crippen molar-refractivity contribution in [2.45, 2.75) is 45.3 Å². The summed E-state index contributed by atoms with van der Waals surface area (Å²) in [5, 5.41) is 9.19. The van der Waals surface area contributed by atoms with Crippen LogP contribution in [0.4, 0.5) is 0 Å². The summed E-state index contributed by atoms with van der Waals surface area (Å²) < 4.78 is 3.24. The smallest absolute Gasteiger partial charge is 0.291 e. The molecule has 2 heterocycles. The predicted molar refractivity (Wildman–Crippen MR) is 137 cm³/mol. The van der Waals surface area contributed by atoms with Gasteiger partial charge in [-0.05, 0) is 31.5 Å². The number of rotatable bonds is 9. The van der Waals surface area contributed by atoms with Gasteiger partial charge in [-0.25, -0.2) is 4.68 Å². The molecule has 178 valence electrons. The lowest BCUT2D eigenvalue weighted by molar-refractivity contribution is -0.125. The van der Waals surface area contributed by atoms with Gasteiger partial charge in [0, 0.05) is 37.0 Å². The van der Waals surface area contributed by atoms with Crippen LogP contribution >= 0.6 is 0 Å². The second-order valence-electron chi connectivity index (χ2n) is 8.94. The summed E-state index contributed by atoms with van der Waals surface area (Å²) in [5.74, 6) is -0.0658. The van der Waals surface area contributed by atoms with E-state index in [0.717, 1.165) is 35.8 Å². The fraction of sp³-hybridized carbons (Fsp3) is 0.370. The first-order valence-corrected chi connectivity index (χ1v) is 11.9. The number of aryl methyl sites for hydroxylation is 1. The first-order valence-electron chi connectivity index (χ1n) is 11.9. The highest BCUT2D eigenvalue weighted by atomic mass is 16.2. The van der Waals surface area contributed by atoms with E-state index < -0.39 is 6.04 Å². The predicted octanol–water partition coefficient (Wildman–Crippen LogP) is 3.87. The normalized spacial score (nSPS) is 13.4. The SMILES string of the molecule is CC[C@H](CN(C)Cc1ccccc1)NC(=O)[C@H](CC)n1c2ccccc2c2cnn(C)c(=O)c21. The van der Waals surface area contributed by atoms with Crippen LogP contribution < -0.4 is 10.9 Å². The molecule has 0 aliphatic rings. The molecule has 7 nitrogen and oxygen atoms in total. The van der Waals surface area contributed by atoms with E-state index in [2.05, 4.69) is 41.4 Å². The van der Waals surface area contributed by atoms with Gasteiger partial charge < -0.3 is 14.8 Å². The van der Waals surface area contributed by atoms with Crippen LogP contribution in [0, 0.1) is 0 Å². The Morgan fingerprint density at radius 2 is 1.74 bits per heavy atom. The highest BCUT2D eigenvalue weighted by Gasteiger charge is 2.27. The number of carbonyl (C=O) groups excluding carboxylic acids is 1. The Hall–Kier alpha value is -3.45. The number of benzene rings is 2. The van der Waals surface area contributed by atoms with Crippen LogP contribution in [0.5, 0.6) is 0 Å². The topological polar surface area (TPSA) is 72.2 Å². The molecular weight excluding hydrogens is 426 g/mol. The number of hydrogen-bond donors (Lipinski definition) is 1. The van der Waals surface area contributed by atoms with Crippen molar-refractivity contribution in [2.75, 3.05) is 13.6 Å². The Bertz CT molecular complexity index is 1340. The minimum Gasteiger partial charge on any atom is -0.350 e. The summed E-state index contributed by atoms with van der Waals surface area (Å²) in [4.78, 5) is 28.9. The molecule has 34 heavy (non-hydrogen) atoms. The largest absolute Gasteiger partial charge is 0.350 e. The lowest BCUT2D eigenvalue weighted by Gasteiger charge is -2.27. The number of hydrogen-bond acceptors (Lipinski definition) is 4. The van der Waals surface area contributed by atoms with Gasteiger partial charge in [0.1, 0.15) is 11.6 Å². The van der Waals surface area contributed by atoms with Gasteiger partial charge in [-0.1, -0.05) is 62.4 Å². The van der Waals surface area contributed by atoms with Crippen molar-refractivity contribution in [1.29, 1.82) is 0 Å². The Kier molecular flexibility index (Phi) is 7.12. The molecule has 2 atom stereocenters. The first kappa shape index (κ1) is 23.7. The Balaban J connectivity index is 1.62. The number of amides is 1.